The minimum atomic E-state index is -4.53. The number of hydrogen-bond donors (Lipinski definition) is 0. The fourth-order valence-corrected chi connectivity index (χ4v) is 4.80. The molecule has 9 heteroatoms. The third kappa shape index (κ3) is 2.60. The number of benzene rings is 1. The van der Waals surface area contributed by atoms with Crippen molar-refractivity contribution in [1.29, 1.82) is 0 Å². The third-order valence-electron chi connectivity index (χ3n) is 7.30. The van der Waals surface area contributed by atoms with E-state index in [1.807, 2.05) is 0 Å². The second kappa shape index (κ2) is 6.21. The quantitative estimate of drug-likeness (QED) is 0.694. The summed E-state index contributed by atoms with van der Waals surface area (Å²) in [6.45, 7) is 5.43. The molecule has 2 heterocycles. The Bertz CT molecular complexity index is 943. The molecule has 1 saturated carbocycles. The van der Waals surface area contributed by atoms with Crippen molar-refractivity contribution in [3.63, 3.8) is 0 Å². The van der Waals surface area contributed by atoms with E-state index in [-0.39, 0.29) is 18.7 Å². The maximum atomic E-state index is 13.0. The second-order valence-corrected chi connectivity index (χ2v) is 8.89. The van der Waals surface area contributed by atoms with Crippen LogP contribution in [0.2, 0.25) is 0 Å². The molecule has 0 aromatic heterocycles. The summed E-state index contributed by atoms with van der Waals surface area (Å²) in [6.07, 6.45) is -4.75. The van der Waals surface area contributed by atoms with Crippen molar-refractivity contribution in [1.82, 2.24) is 0 Å². The van der Waals surface area contributed by atoms with Crippen molar-refractivity contribution < 1.29 is 37.0 Å². The maximum absolute atomic E-state index is 13.0. The Morgan fingerprint density at radius 1 is 1.20 bits per heavy atom. The number of rotatable bonds is 3. The smallest absolute Gasteiger partial charge is 0.416 e. The molecule has 0 spiro atoms. The highest BCUT2D eigenvalue weighted by molar-refractivity contribution is 6.01. The average molecular weight is 425 g/mol. The number of alkyl halides is 3. The Balaban J connectivity index is 1.52. The number of esters is 2. The second-order valence-electron chi connectivity index (χ2n) is 8.89. The molecule has 3 atom stereocenters. The van der Waals surface area contributed by atoms with Crippen molar-refractivity contribution in [2.45, 2.75) is 57.9 Å². The van der Waals surface area contributed by atoms with Gasteiger partial charge < -0.3 is 14.4 Å². The highest BCUT2D eigenvalue weighted by Crippen LogP contribution is 2.65. The largest absolute Gasteiger partial charge is 0.449 e. The van der Waals surface area contributed by atoms with Crippen molar-refractivity contribution in [3.8, 4) is 0 Å². The molecule has 2 bridgehead atoms. The SMILES string of the molecule is CC1(C)[C@@]2(C)CC[C@]1(C(=O)O[C@@H]1CCN(c3cccc(C(F)(F)F)c3)C1=O)OC2=O. The maximum Gasteiger partial charge on any atom is 0.416 e. The number of carbonyl (C=O) groups is 3. The zero-order valence-corrected chi connectivity index (χ0v) is 16.8. The van der Waals surface area contributed by atoms with Crippen molar-refractivity contribution in [2.75, 3.05) is 11.4 Å². The van der Waals surface area contributed by atoms with E-state index in [1.165, 1.54) is 17.0 Å². The van der Waals surface area contributed by atoms with Crippen LogP contribution in [0, 0.1) is 10.8 Å². The van der Waals surface area contributed by atoms with Crippen LogP contribution in [0.4, 0.5) is 18.9 Å². The van der Waals surface area contributed by atoms with Crippen LogP contribution in [0.1, 0.15) is 45.6 Å². The number of hydrogen-bond acceptors (Lipinski definition) is 5. The van der Waals surface area contributed by atoms with Gasteiger partial charge in [0.25, 0.3) is 5.91 Å². The van der Waals surface area contributed by atoms with Crippen molar-refractivity contribution in [3.05, 3.63) is 29.8 Å². The van der Waals surface area contributed by atoms with Gasteiger partial charge in [0.2, 0.25) is 5.60 Å². The third-order valence-corrected chi connectivity index (χ3v) is 7.30. The van der Waals surface area contributed by atoms with Crippen LogP contribution in [0.25, 0.3) is 0 Å². The zero-order valence-electron chi connectivity index (χ0n) is 16.8. The summed E-state index contributed by atoms with van der Waals surface area (Å²) >= 11 is 0. The van der Waals surface area contributed by atoms with E-state index in [4.69, 9.17) is 9.47 Å². The van der Waals surface area contributed by atoms with Crippen LogP contribution in [-0.2, 0) is 30.0 Å². The molecule has 2 aliphatic heterocycles. The first kappa shape index (κ1) is 20.7. The highest BCUT2D eigenvalue weighted by Gasteiger charge is 2.76. The van der Waals surface area contributed by atoms with Crippen LogP contribution < -0.4 is 4.90 Å². The lowest BCUT2D eigenvalue weighted by Crippen LogP contribution is -2.50. The summed E-state index contributed by atoms with van der Waals surface area (Å²) in [5, 5.41) is 0. The predicted octanol–water partition coefficient (Wildman–Crippen LogP) is 3.48. The summed E-state index contributed by atoms with van der Waals surface area (Å²) in [5.74, 6) is -1.83. The number of anilines is 1. The normalized spacial score (nSPS) is 32.5. The van der Waals surface area contributed by atoms with Crippen LogP contribution >= 0.6 is 0 Å². The van der Waals surface area contributed by atoms with Crippen LogP contribution in [0.3, 0.4) is 0 Å². The van der Waals surface area contributed by atoms with Gasteiger partial charge in [-0.15, -0.1) is 0 Å². The summed E-state index contributed by atoms with van der Waals surface area (Å²) in [5.41, 5.74) is -3.85. The van der Waals surface area contributed by atoms with Gasteiger partial charge in [-0.2, -0.15) is 13.2 Å². The van der Waals surface area contributed by atoms with Crippen molar-refractivity contribution in [2.24, 2.45) is 10.8 Å². The molecule has 1 aliphatic carbocycles. The summed E-state index contributed by atoms with van der Waals surface area (Å²) < 4.78 is 49.9. The lowest BCUT2D eigenvalue weighted by molar-refractivity contribution is -0.187. The number of halogens is 3. The number of nitrogens with zero attached hydrogens (tertiary/aromatic N) is 1. The van der Waals surface area contributed by atoms with E-state index >= 15 is 0 Å². The van der Waals surface area contributed by atoms with Gasteiger partial charge in [-0.1, -0.05) is 19.9 Å². The molecule has 1 aromatic carbocycles. The van der Waals surface area contributed by atoms with Gasteiger partial charge in [-0.05, 0) is 38.0 Å². The lowest BCUT2D eigenvalue weighted by atomic mass is 9.66. The first-order valence-corrected chi connectivity index (χ1v) is 9.77. The molecular weight excluding hydrogens is 403 g/mol. The monoisotopic (exact) mass is 425 g/mol. The van der Waals surface area contributed by atoms with Crippen molar-refractivity contribution >= 4 is 23.5 Å². The standard InChI is InChI=1S/C21H22F3NO5/c1-18(2)19(3)8-9-20(18,30-16(19)27)17(28)29-14-7-10-25(15(14)26)13-6-4-5-12(11-13)21(22,23)24/h4-6,11,14H,7-10H2,1-3H3/t14-,19+,20-/m1/s1. The number of carbonyl (C=O) groups excluding carboxylic acids is 3. The topological polar surface area (TPSA) is 72.9 Å². The Morgan fingerprint density at radius 3 is 2.47 bits per heavy atom. The lowest BCUT2D eigenvalue weighted by Gasteiger charge is -2.35. The first-order chi connectivity index (χ1) is 13.8. The van der Waals surface area contributed by atoms with E-state index in [0.29, 0.717) is 12.8 Å². The number of ether oxygens (including phenoxy) is 2. The highest BCUT2D eigenvalue weighted by atomic mass is 19.4. The molecule has 2 saturated heterocycles. The molecule has 3 fully saturated rings. The number of fused-ring (bicyclic) bond motifs is 2. The molecule has 3 aliphatic rings. The summed E-state index contributed by atoms with van der Waals surface area (Å²) in [4.78, 5) is 39.3. The van der Waals surface area contributed by atoms with E-state index in [0.717, 1.165) is 12.1 Å². The molecule has 162 valence electrons. The van der Waals surface area contributed by atoms with E-state index in [1.54, 1.807) is 20.8 Å². The molecular formula is C21H22F3NO5. The van der Waals surface area contributed by atoms with Gasteiger partial charge in [0, 0.05) is 24.1 Å². The molecule has 0 radical (unpaired) electrons. The van der Waals surface area contributed by atoms with Crippen LogP contribution in [0.15, 0.2) is 24.3 Å². The molecule has 4 rings (SSSR count). The van der Waals surface area contributed by atoms with E-state index in [2.05, 4.69) is 0 Å². The molecule has 6 nitrogen and oxygen atoms in total. The Hall–Kier alpha value is -2.58. The molecule has 1 aromatic rings. The Labute approximate surface area is 171 Å². The fraction of sp³-hybridized carbons (Fsp3) is 0.571. The fourth-order valence-electron chi connectivity index (χ4n) is 4.80. The molecule has 1 amide bonds. The van der Waals surface area contributed by atoms with Gasteiger partial charge in [0.05, 0.1) is 11.0 Å². The predicted molar refractivity (Wildman–Crippen MR) is 98.2 cm³/mol. The van der Waals surface area contributed by atoms with Gasteiger partial charge in [0.15, 0.2) is 6.10 Å². The number of amides is 1. The summed E-state index contributed by atoms with van der Waals surface area (Å²) in [7, 11) is 0. The average Bonchev–Trinajstić information content (AvgIpc) is 3.17. The van der Waals surface area contributed by atoms with Crippen LogP contribution in [-0.4, -0.2) is 36.1 Å². The summed E-state index contributed by atoms with van der Waals surface area (Å²) in [6, 6.07) is 4.45. The minimum Gasteiger partial charge on any atom is -0.449 e. The van der Waals surface area contributed by atoms with E-state index < -0.39 is 52.1 Å². The van der Waals surface area contributed by atoms with Gasteiger partial charge >= 0.3 is 18.1 Å². The van der Waals surface area contributed by atoms with Crippen LogP contribution in [0.5, 0.6) is 0 Å². The minimum absolute atomic E-state index is 0.0904. The molecule has 0 unspecified atom stereocenters. The molecule has 0 N–H and O–H groups in total. The van der Waals surface area contributed by atoms with E-state index in [9.17, 15) is 27.6 Å². The van der Waals surface area contributed by atoms with Gasteiger partial charge in [-0.25, -0.2) is 4.79 Å². The molecule has 30 heavy (non-hydrogen) atoms. The first-order valence-electron chi connectivity index (χ1n) is 9.77. The van der Waals surface area contributed by atoms with Gasteiger partial charge in [-0.3, -0.25) is 9.59 Å². The van der Waals surface area contributed by atoms with Gasteiger partial charge in [0.1, 0.15) is 0 Å². The Morgan fingerprint density at radius 2 is 1.90 bits per heavy atom. The Kier molecular flexibility index (Phi) is 4.28. The zero-order chi connectivity index (χ0) is 22.1.